The van der Waals surface area contributed by atoms with Crippen LogP contribution in [0.1, 0.15) is 38.5 Å². The summed E-state index contributed by atoms with van der Waals surface area (Å²) in [5.41, 5.74) is -1.60. The Bertz CT molecular complexity index is 262. The zero-order chi connectivity index (χ0) is 11.6. The van der Waals surface area contributed by atoms with E-state index in [4.69, 9.17) is 9.47 Å². The van der Waals surface area contributed by atoms with Crippen LogP contribution in [0.3, 0.4) is 0 Å². The minimum absolute atomic E-state index is 0.241. The molecule has 1 saturated carbocycles. The zero-order valence-corrected chi connectivity index (χ0v) is 9.83. The SMILES string of the molecule is COC(=O)C1(C2(O)CCOCC2)CCCC1. The van der Waals surface area contributed by atoms with Crippen LogP contribution in [0, 0.1) is 5.41 Å². The first-order chi connectivity index (χ1) is 7.65. The molecule has 1 heterocycles. The standard InChI is InChI=1S/C12H20O4/c1-15-10(13)11(4-2-3-5-11)12(14)6-8-16-9-7-12/h14H,2-9H2,1H3. The van der Waals surface area contributed by atoms with E-state index in [1.165, 1.54) is 7.11 Å². The monoisotopic (exact) mass is 228 g/mol. The summed E-state index contributed by atoms with van der Waals surface area (Å²) >= 11 is 0. The lowest BCUT2D eigenvalue weighted by Crippen LogP contribution is -2.55. The minimum Gasteiger partial charge on any atom is -0.469 e. The maximum absolute atomic E-state index is 12.0. The fourth-order valence-corrected chi connectivity index (χ4v) is 3.22. The van der Waals surface area contributed by atoms with Gasteiger partial charge in [-0.15, -0.1) is 0 Å². The van der Waals surface area contributed by atoms with Crippen molar-refractivity contribution in [2.75, 3.05) is 20.3 Å². The van der Waals surface area contributed by atoms with Crippen molar-refractivity contribution in [3.05, 3.63) is 0 Å². The third-order valence-corrected chi connectivity index (χ3v) is 4.24. The van der Waals surface area contributed by atoms with Gasteiger partial charge in [-0.25, -0.2) is 0 Å². The van der Waals surface area contributed by atoms with Gasteiger partial charge in [0.25, 0.3) is 0 Å². The molecule has 1 aliphatic carbocycles. The van der Waals surface area contributed by atoms with Crippen LogP contribution in [-0.2, 0) is 14.3 Å². The number of carbonyl (C=O) groups is 1. The number of hydrogen-bond donors (Lipinski definition) is 1. The third kappa shape index (κ3) is 1.64. The van der Waals surface area contributed by atoms with E-state index in [2.05, 4.69) is 0 Å². The van der Waals surface area contributed by atoms with Crippen molar-refractivity contribution in [2.45, 2.75) is 44.1 Å². The largest absolute Gasteiger partial charge is 0.469 e. The first-order valence-corrected chi connectivity index (χ1v) is 6.03. The summed E-state index contributed by atoms with van der Waals surface area (Å²) in [6.45, 7) is 1.07. The summed E-state index contributed by atoms with van der Waals surface area (Å²) < 4.78 is 10.2. The van der Waals surface area contributed by atoms with Gasteiger partial charge in [0.05, 0.1) is 18.1 Å². The molecule has 0 amide bonds. The average molecular weight is 228 g/mol. The van der Waals surface area contributed by atoms with Gasteiger partial charge in [0.1, 0.15) is 0 Å². The number of carbonyl (C=O) groups excluding carboxylic acids is 1. The van der Waals surface area contributed by atoms with E-state index in [1.54, 1.807) is 0 Å². The summed E-state index contributed by atoms with van der Waals surface area (Å²) in [4.78, 5) is 12.0. The smallest absolute Gasteiger partial charge is 0.314 e. The molecule has 2 rings (SSSR count). The second-order valence-electron chi connectivity index (χ2n) is 4.92. The topological polar surface area (TPSA) is 55.8 Å². The Balaban J connectivity index is 2.27. The Morgan fingerprint density at radius 3 is 2.25 bits per heavy atom. The van der Waals surface area contributed by atoms with E-state index in [1.807, 2.05) is 0 Å². The first kappa shape index (κ1) is 11.9. The quantitative estimate of drug-likeness (QED) is 0.723. The lowest BCUT2D eigenvalue weighted by molar-refractivity contribution is -0.186. The highest BCUT2D eigenvalue weighted by Gasteiger charge is 2.57. The van der Waals surface area contributed by atoms with Gasteiger partial charge in [-0.05, 0) is 12.8 Å². The van der Waals surface area contributed by atoms with Gasteiger partial charge in [0, 0.05) is 26.1 Å². The van der Waals surface area contributed by atoms with E-state index in [9.17, 15) is 9.90 Å². The van der Waals surface area contributed by atoms with Gasteiger partial charge in [-0.2, -0.15) is 0 Å². The van der Waals surface area contributed by atoms with Crippen LogP contribution in [-0.4, -0.2) is 37.0 Å². The Kier molecular flexibility index (Phi) is 3.22. The van der Waals surface area contributed by atoms with E-state index in [-0.39, 0.29) is 5.97 Å². The fraction of sp³-hybridized carbons (Fsp3) is 0.917. The lowest BCUT2D eigenvalue weighted by Gasteiger charge is -2.45. The molecule has 1 saturated heterocycles. The molecule has 4 heteroatoms. The molecule has 2 aliphatic rings. The third-order valence-electron chi connectivity index (χ3n) is 4.24. The predicted octanol–water partition coefficient (Wildman–Crippen LogP) is 1.26. The number of rotatable bonds is 2. The molecular weight excluding hydrogens is 208 g/mol. The van der Waals surface area contributed by atoms with Crippen molar-refractivity contribution >= 4 is 5.97 Å². The molecule has 0 bridgehead atoms. The maximum atomic E-state index is 12.0. The normalized spacial score (nSPS) is 27.6. The molecule has 0 radical (unpaired) electrons. The molecule has 1 N–H and O–H groups in total. The highest BCUT2D eigenvalue weighted by Crippen LogP contribution is 2.51. The summed E-state index contributed by atoms with van der Waals surface area (Å²) in [5.74, 6) is -0.241. The number of methoxy groups -OCH3 is 1. The van der Waals surface area contributed by atoms with Gasteiger partial charge in [0.15, 0.2) is 0 Å². The van der Waals surface area contributed by atoms with Crippen molar-refractivity contribution in [1.82, 2.24) is 0 Å². The molecule has 0 aromatic carbocycles. The Labute approximate surface area is 95.9 Å². The number of ether oxygens (including phenoxy) is 2. The van der Waals surface area contributed by atoms with Gasteiger partial charge in [-0.1, -0.05) is 12.8 Å². The van der Waals surface area contributed by atoms with Gasteiger partial charge >= 0.3 is 5.97 Å². The van der Waals surface area contributed by atoms with Crippen LogP contribution in [0.4, 0.5) is 0 Å². The van der Waals surface area contributed by atoms with E-state index in [0.717, 1.165) is 25.7 Å². The van der Waals surface area contributed by atoms with Crippen LogP contribution < -0.4 is 0 Å². The van der Waals surface area contributed by atoms with E-state index < -0.39 is 11.0 Å². The summed E-state index contributed by atoms with van der Waals surface area (Å²) in [6, 6.07) is 0. The summed E-state index contributed by atoms with van der Waals surface area (Å²) in [6.07, 6.45) is 4.58. The first-order valence-electron chi connectivity index (χ1n) is 6.03. The molecule has 0 atom stereocenters. The summed E-state index contributed by atoms with van der Waals surface area (Å²) in [7, 11) is 1.41. The van der Waals surface area contributed by atoms with Gasteiger partial charge in [0.2, 0.25) is 0 Å². The van der Waals surface area contributed by atoms with Gasteiger partial charge in [-0.3, -0.25) is 4.79 Å². The minimum atomic E-state index is -0.922. The number of aliphatic hydroxyl groups is 1. The Morgan fingerprint density at radius 1 is 1.19 bits per heavy atom. The van der Waals surface area contributed by atoms with Gasteiger partial charge < -0.3 is 14.6 Å². The zero-order valence-electron chi connectivity index (χ0n) is 9.83. The molecular formula is C12H20O4. The fourth-order valence-electron chi connectivity index (χ4n) is 3.22. The molecule has 0 unspecified atom stereocenters. The van der Waals surface area contributed by atoms with Crippen LogP contribution in [0.25, 0.3) is 0 Å². The molecule has 16 heavy (non-hydrogen) atoms. The summed E-state index contributed by atoms with van der Waals surface area (Å²) in [5, 5.41) is 10.7. The van der Waals surface area contributed by atoms with Crippen LogP contribution in [0.2, 0.25) is 0 Å². The van der Waals surface area contributed by atoms with Crippen LogP contribution in [0.5, 0.6) is 0 Å². The average Bonchev–Trinajstić information content (AvgIpc) is 2.80. The Hall–Kier alpha value is -0.610. The predicted molar refractivity (Wildman–Crippen MR) is 57.9 cm³/mol. The second kappa shape index (κ2) is 4.34. The van der Waals surface area contributed by atoms with Crippen molar-refractivity contribution < 1.29 is 19.4 Å². The lowest BCUT2D eigenvalue weighted by atomic mass is 9.66. The molecule has 0 spiro atoms. The van der Waals surface area contributed by atoms with E-state index in [0.29, 0.717) is 26.1 Å². The molecule has 92 valence electrons. The molecule has 4 nitrogen and oxygen atoms in total. The Morgan fingerprint density at radius 2 is 1.75 bits per heavy atom. The number of hydrogen-bond acceptors (Lipinski definition) is 4. The van der Waals surface area contributed by atoms with Crippen molar-refractivity contribution in [3.8, 4) is 0 Å². The number of esters is 1. The van der Waals surface area contributed by atoms with Crippen molar-refractivity contribution in [3.63, 3.8) is 0 Å². The molecule has 2 fully saturated rings. The molecule has 0 aromatic heterocycles. The van der Waals surface area contributed by atoms with Crippen molar-refractivity contribution in [1.29, 1.82) is 0 Å². The van der Waals surface area contributed by atoms with Crippen LogP contribution >= 0.6 is 0 Å². The second-order valence-corrected chi connectivity index (χ2v) is 4.92. The van der Waals surface area contributed by atoms with Crippen LogP contribution in [0.15, 0.2) is 0 Å². The highest BCUT2D eigenvalue weighted by molar-refractivity contribution is 5.78. The highest BCUT2D eigenvalue weighted by atomic mass is 16.5. The van der Waals surface area contributed by atoms with E-state index >= 15 is 0 Å². The van der Waals surface area contributed by atoms with Crippen molar-refractivity contribution in [2.24, 2.45) is 5.41 Å². The maximum Gasteiger partial charge on any atom is 0.314 e. The molecule has 1 aliphatic heterocycles. The molecule has 0 aromatic rings.